The zero-order valence-corrected chi connectivity index (χ0v) is 11.1. The zero-order chi connectivity index (χ0) is 14.5. The molecular weight excluding hydrogens is 274 g/mol. The fraction of sp³-hybridized carbons (Fsp3) is 0.182. The molecule has 0 heterocycles. The lowest BCUT2D eigenvalue weighted by Crippen LogP contribution is -2.24. The molecule has 1 aromatic rings. The number of phenolic OH excluding ortho intramolecular Hbond substituents is 1. The molecule has 0 amide bonds. The van der Waals surface area contributed by atoms with Gasteiger partial charge < -0.3 is 14.0 Å². The maximum Gasteiger partial charge on any atom is 0.382 e. The van der Waals surface area contributed by atoms with Crippen LogP contribution in [0.2, 0.25) is 0 Å². The van der Waals surface area contributed by atoms with Crippen LogP contribution in [0.1, 0.15) is 5.56 Å². The molecule has 7 nitrogen and oxygen atoms in total. The monoisotopic (exact) mass is 287 g/mol. The van der Waals surface area contributed by atoms with Crippen LogP contribution in [0.15, 0.2) is 24.3 Å². The maximum atomic E-state index is 11.2. The summed E-state index contributed by atoms with van der Waals surface area (Å²) in [6.07, 6.45) is 2.37. The highest BCUT2D eigenvalue weighted by atomic mass is 32.2. The van der Waals surface area contributed by atoms with Crippen molar-refractivity contribution in [2.75, 3.05) is 14.2 Å². The van der Waals surface area contributed by atoms with Crippen LogP contribution >= 0.6 is 0 Å². The molecule has 0 aromatic heterocycles. The summed E-state index contributed by atoms with van der Waals surface area (Å²) in [6.45, 7) is 0. The fourth-order valence-corrected chi connectivity index (χ4v) is 1.55. The third-order valence-corrected chi connectivity index (χ3v) is 2.97. The third-order valence-electron chi connectivity index (χ3n) is 2.06. The average molecular weight is 287 g/mol. The molecule has 0 saturated carbocycles. The number of esters is 1. The summed E-state index contributed by atoms with van der Waals surface area (Å²) in [4.78, 5) is 10.9. The number of carbonyl (C=O) groups excluding carboxylic acids is 1. The molecule has 0 bridgehead atoms. The van der Waals surface area contributed by atoms with Crippen molar-refractivity contribution in [3.63, 3.8) is 0 Å². The summed E-state index contributed by atoms with van der Waals surface area (Å²) in [6, 6.07) is 3.79. The molecule has 8 heteroatoms. The molecular formula is C11H13NO6S. The van der Waals surface area contributed by atoms with Crippen molar-refractivity contribution < 1.29 is 27.2 Å². The van der Waals surface area contributed by atoms with Crippen molar-refractivity contribution in [1.29, 1.82) is 0 Å². The van der Waals surface area contributed by atoms with Crippen LogP contribution in [-0.4, -0.2) is 33.7 Å². The molecule has 0 fully saturated rings. The molecule has 0 radical (unpaired) electrons. The zero-order valence-electron chi connectivity index (χ0n) is 10.3. The number of hydrogen-bond acceptors (Lipinski definition) is 6. The Labute approximate surface area is 110 Å². The quantitative estimate of drug-likeness (QED) is 0.601. The lowest BCUT2D eigenvalue weighted by Gasteiger charge is -2.06. The largest absolute Gasteiger partial charge is 0.507 e. The Balaban J connectivity index is 3.01. The van der Waals surface area contributed by atoms with Crippen molar-refractivity contribution >= 4 is 22.3 Å². The van der Waals surface area contributed by atoms with Gasteiger partial charge in [0.2, 0.25) is 0 Å². The van der Waals surface area contributed by atoms with E-state index in [1.165, 1.54) is 38.4 Å². The van der Waals surface area contributed by atoms with Crippen molar-refractivity contribution in [2.24, 2.45) is 0 Å². The second-order valence-electron chi connectivity index (χ2n) is 3.32. The van der Waals surface area contributed by atoms with E-state index in [0.717, 1.165) is 6.08 Å². The molecule has 2 N–H and O–H groups in total. The molecule has 1 rings (SSSR count). The van der Waals surface area contributed by atoms with Gasteiger partial charge in [0.25, 0.3) is 0 Å². The van der Waals surface area contributed by atoms with Gasteiger partial charge in [0, 0.05) is 18.7 Å². The van der Waals surface area contributed by atoms with E-state index in [0.29, 0.717) is 0 Å². The van der Waals surface area contributed by atoms with Crippen molar-refractivity contribution in [3.05, 3.63) is 29.8 Å². The first kappa shape index (κ1) is 15.0. The van der Waals surface area contributed by atoms with Crippen molar-refractivity contribution in [1.82, 2.24) is 4.72 Å². The summed E-state index contributed by atoms with van der Waals surface area (Å²) >= 11 is 0. The SMILES string of the molecule is CNS(=O)(=O)Oc1ccc(O)c(C=CC(=O)OC)c1. The molecule has 1 aromatic carbocycles. The topological polar surface area (TPSA) is 102 Å². The Morgan fingerprint density at radius 2 is 2.11 bits per heavy atom. The lowest BCUT2D eigenvalue weighted by atomic mass is 10.2. The highest BCUT2D eigenvalue weighted by molar-refractivity contribution is 7.85. The van der Waals surface area contributed by atoms with Crippen LogP contribution in [0.4, 0.5) is 0 Å². The van der Waals surface area contributed by atoms with E-state index in [1.54, 1.807) is 0 Å². The number of benzene rings is 1. The summed E-state index contributed by atoms with van der Waals surface area (Å²) < 4.78 is 33.4. The normalized spacial score (nSPS) is 11.5. The van der Waals surface area contributed by atoms with Gasteiger partial charge in [0.05, 0.1) is 7.11 Å². The van der Waals surface area contributed by atoms with Crippen LogP contribution in [0.25, 0.3) is 6.08 Å². The van der Waals surface area contributed by atoms with Crippen molar-refractivity contribution in [3.8, 4) is 11.5 Å². The van der Waals surface area contributed by atoms with Crippen molar-refractivity contribution in [2.45, 2.75) is 0 Å². The number of aromatic hydroxyl groups is 1. The fourth-order valence-electron chi connectivity index (χ4n) is 1.11. The number of phenols is 1. The second-order valence-corrected chi connectivity index (χ2v) is 4.80. The molecule has 0 atom stereocenters. The van der Waals surface area contributed by atoms with Gasteiger partial charge in [-0.3, -0.25) is 0 Å². The molecule has 0 aliphatic carbocycles. The van der Waals surface area contributed by atoms with Gasteiger partial charge in [-0.2, -0.15) is 13.1 Å². The van der Waals surface area contributed by atoms with Gasteiger partial charge in [-0.15, -0.1) is 0 Å². The van der Waals surface area contributed by atoms with E-state index in [1.807, 2.05) is 4.72 Å². The van der Waals surface area contributed by atoms with Crippen LogP contribution < -0.4 is 8.91 Å². The summed E-state index contributed by atoms with van der Waals surface area (Å²) in [5.74, 6) is -0.736. The molecule has 0 saturated heterocycles. The first-order valence-electron chi connectivity index (χ1n) is 5.10. The highest BCUT2D eigenvalue weighted by Crippen LogP contribution is 2.24. The van der Waals surface area contributed by atoms with Crippen LogP contribution in [0, 0.1) is 0 Å². The Morgan fingerprint density at radius 3 is 2.68 bits per heavy atom. The number of ether oxygens (including phenoxy) is 1. The van der Waals surface area contributed by atoms with Crippen LogP contribution in [-0.2, 0) is 19.8 Å². The predicted octanol–water partition coefficient (Wildman–Crippen LogP) is 0.421. The Morgan fingerprint density at radius 1 is 1.42 bits per heavy atom. The second kappa shape index (κ2) is 6.21. The minimum Gasteiger partial charge on any atom is -0.507 e. The maximum absolute atomic E-state index is 11.2. The minimum absolute atomic E-state index is 0.00309. The van der Waals surface area contributed by atoms with Gasteiger partial charge in [0.1, 0.15) is 11.5 Å². The van der Waals surface area contributed by atoms with Gasteiger partial charge in [-0.25, -0.2) is 4.79 Å². The Bertz CT molecular complexity index is 593. The van der Waals surface area contributed by atoms with E-state index in [2.05, 4.69) is 8.92 Å². The number of carbonyl (C=O) groups is 1. The first-order chi connectivity index (χ1) is 8.88. The van der Waals surface area contributed by atoms with E-state index < -0.39 is 16.3 Å². The minimum atomic E-state index is -3.89. The summed E-state index contributed by atoms with van der Waals surface area (Å²) in [7, 11) is -1.47. The molecule has 0 unspecified atom stereocenters. The van der Waals surface area contributed by atoms with E-state index >= 15 is 0 Å². The Kier molecular flexibility index (Phi) is 4.90. The molecule has 0 aliphatic heterocycles. The van der Waals surface area contributed by atoms with E-state index in [4.69, 9.17) is 0 Å². The van der Waals surface area contributed by atoms with Gasteiger partial charge in [-0.05, 0) is 24.3 Å². The van der Waals surface area contributed by atoms with Gasteiger partial charge in [0.15, 0.2) is 0 Å². The number of methoxy groups -OCH3 is 1. The molecule has 0 aliphatic rings. The lowest BCUT2D eigenvalue weighted by molar-refractivity contribution is -0.134. The number of hydrogen-bond donors (Lipinski definition) is 2. The average Bonchev–Trinajstić information content (AvgIpc) is 2.38. The number of nitrogens with one attached hydrogen (secondary N) is 1. The smallest absolute Gasteiger partial charge is 0.382 e. The molecule has 19 heavy (non-hydrogen) atoms. The first-order valence-corrected chi connectivity index (χ1v) is 6.51. The Hall–Kier alpha value is -2.06. The van der Waals surface area contributed by atoms with Crippen LogP contribution in [0.5, 0.6) is 11.5 Å². The highest BCUT2D eigenvalue weighted by Gasteiger charge is 2.10. The van der Waals surface area contributed by atoms with E-state index in [9.17, 15) is 18.3 Å². The van der Waals surface area contributed by atoms with E-state index in [-0.39, 0.29) is 17.1 Å². The standard InChI is InChI=1S/C11H13NO6S/c1-12-19(15,16)18-9-4-5-10(13)8(7-9)3-6-11(14)17-2/h3-7,12-13H,1-2H3. The van der Waals surface area contributed by atoms with Gasteiger partial charge in [-0.1, -0.05) is 0 Å². The number of rotatable bonds is 5. The van der Waals surface area contributed by atoms with Crippen LogP contribution in [0.3, 0.4) is 0 Å². The summed E-state index contributed by atoms with van der Waals surface area (Å²) in [5, 5.41) is 9.55. The summed E-state index contributed by atoms with van der Waals surface area (Å²) in [5.41, 5.74) is 0.217. The molecule has 104 valence electrons. The van der Waals surface area contributed by atoms with Gasteiger partial charge >= 0.3 is 16.3 Å². The predicted molar refractivity (Wildman–Crippen MR) is 67.8 cm³/mol. The third kappa shape index (κ3) is 4.60. The molecule has 0 spiro atoms.